The van der Waals surface area contributed by atoms with E-state index in [2.05, 4.69) is 53.7 Å². The van der Waals surface area contributed by atoms with Crippen LogP contribution in [0.1, 0.15) is 65.1 Å². The van der Waals surface area contributed by atoms with Crippen molar-refractivity contribution in [1.82, 2.24) is 0 Å². The van der Waals surface area contributed by atoms with Gasteiger partial charge in [-0.1, -0.05) is 53.7 Å². The number of rotatable bonds is 3. The van der Waals surface area contributed by atoms with Crippen molar-refractivity contribution in [2.45, 2.75) is 59.4 Å². The Kier molecular flexibility index (Phi) is 4.67. The second kappa shape index (κ2) is 5.54. The Morgan fingerprint density at radius 2 is 1.68 bits per heavy atom. The summed E-state index contributed by atoms with van der Waals surface area (Å²) in [6, 6.07) is 6.41. The number of nitrogens with two attached hydrogens (primary N) is 1. The minimum atomic E-state index is 0.0583. The maximum absolute atomic E-state index is 6.34. The monoisotopic (exact) mass is 263 g/mol. The van der Waals surface area contributed by atoms with E-state index in [1.165, 1.54) is 11.1 Å². The Hall–Kier alpha value is -1.02. The van der Waals surface area contributed by atoms with Crippen LogP contribution in [-0.4, -0.2) is 7.11 Å². The molecule has 0 saturated heterocycles. The minimum Gasteiger partial charge on any atom is -0.496 e. The van der Waals surface area contributed by atoms with Crippen LogP contribution in [0, 0.1) is 5.41 Å². The van der Waals surface area contributed by atoms with Gasteiger partial charge in [0.2, 0.25) is 0 Å². The normalized spacial score (nSPS) is 14.3. The highest BCUT2D eigenvalue weighted by molar-refractivity contribution is 5.42. The zero-order valence-electron chi connectivity index (χ0n) is 13.5. The number of hydrogen-bond acceptors (Lipinski definition) is 2. The molecule has 0 fully saturated rings. The maximum Gasteiger partial charge on any atom is 0.122 e. The Labute approximate surface area is 118 Å². The maximum atomic E-state index is 6.34. The highest BCUT2D eigenvalue weighted by Gasteiger charge is 2.22. The molecule has 1 atom stereocenters. The minimum absolute atomic E-state index is 0.0583. The third-order valence-electron chi connectivity index (χ3n) is 3.29. The molecule has 0 aromatic heterocycles. The third-order valence-corrected chi connectivity index (χ3v) is 3.29. The van der Waals surface area contributed by atoms with E-state index < -0.39 is 0 Å². The molecule has 0 aliphatic rings. The second-order valence-corrected chi connectivity index (χ2v) is 7.58. The van der Waals surface area contributed by atoms with Crippen molar-refractivity contribution < 1.29 is 4.74 Å². The van der Waals surface area contributed by atoms with Crippen LogP contribution in [0.25, 0.3) is 0 Å². The van der Waals surface area contributed by atoms with Crippen LogP contribution < -0.4 is 10.5 Å². The van der Waals surface area contributed by atoms with Gasteiger partial charge >= 0.3 is 0 Å². The molecule has 0 aliphatic carbocycles. The van der Waals surface area contributed by atoms with E-state index in [0.29, 0.717) is 0 Å². The van der Waals surface area contributed by atoms with Gasteiger partial charge in [0, 0.05) is 6.04 Å². The zero-order chi connectivity index (χ0) is 14.8. The quantitative estimate of drug-likeness (QED) is 0.875. The van der Waals surface area contributed by atoms with E-state index in [-0.39, 0.29) is 16.9 Å². The first kappa shape index (κ1) is 16.0. The lowest BCUT2D eigenvalue weighted by molar-refractivity contribution is 0.342. The van der Waals surface area contributed by atoms with E-state index in [1.807, 2.05) is 6.07 Å². The van der Waals surface area contributed by atoms with Crippen LogP contribution in [0.15, 0.2) is 18.2 Å². The molecule has 0 amide bonds. The molecule has 1 rings (SSSR count). The van der Waals surface area contributed by atoms with Crippen molar-refractivity contribution in [3.63, 3.8) is 0 Å². The molecule has 0 radical (unpaired) electrons. The highest BCUT2D eigenvalue weighted by atomic mass is 16.5. The number of hydrogen-bond donors (Lipinski definition) is 1. The van der Waals surface area contributed by atoms with Gasteiger partial charge in [0.25, 0.3) is 0 Å². The first-order valence-corrected chi connectivity index (χ1v) is 6.98. The molecule has 0 saturated carbocycles. The lowest BCUT2D eigenvalue weighted by atomic mass is 9.82. The summed E-state index contributed by atoms with van der Waals surface area (Å²) in [5.74, 6) is 0.944. The van der Waals surface area contributed by atoms with Gasteiger partial charge in [-0.05, 0) is 34.4 Å². The molecule has 1 aromatic carbocycles. The van der Waals surface area contributed by atoms with E-state index in [4.69, 9.17) is 10.5 Å². The van der Waals surface area contributed by atoms with E-state index in [1.54, 1.807) is 7.11 Å². The van der Waals surface area contributed by atoms with Crippen molar-refractivity contribution in [3.8, 4) is 5.75 Å². The third kappa shape index (κ3) is 4.54. The van der Waals surface area contributed by atoms with Crippen LogP contribution in [0.3, 0.4) is 0 Å². The fraction of sp³-hybridized carbons (Fsp3) is 0.647. The molecule has 108 valence electrons. The summed E-state index contributed by atoms with van der Waals surface area (Å²) in [6.45, 7) is 13.3. The number of methoxy groups -OCH3 is 1. The summed E-state index contributed by atoms with van der Waals surface area (Å²) >= 11 is 0. The topological polar surface area (TPSA) is 35.2 Å². The fourth-order valence-electron chi connectivity index (χ4n) is 2.32. The highest BCUT2D eigenvalue weighted by Crippen LogP contribution is 2.35. The molecular formula is C17H29NO. The average molecular weight is 263 g/mol. The van der Waals surface area contributed by atoms with Gasteiger partial charge < -0.3 is 10.5 Å². The fourth-order valence-corrected chi connectivity index (χ4v) is 2.32. The molecule has 19 heavy (non-hydrogen) atoms. The Morgan fingerprint density at radius 3 is 2.11 bits per heavy atom. The van der Waals surface area contributed by atoms with Gasteiger partial charge in [-0.25, -0.2) is 0 Å². The Bertz CT molecular complexity index is 424. The Morgan fingerprint density at radius 1 is 1.11 bits per heavy atom. The smallest absolute Gasteiger partial charge is 0.122 e. The lowest BCUT2D eigenvalue weighted by Gasteiger charge is -2.27. The summed E-state index contributed by atoms with van der Waals surface area (Å²) in [5.41, 5.74) is 9.05. The first-order chi connectivity index (χ1) is 8.54. The van der Waals surface area contributed by atoms with Gasteiger partial charge in [0.1, 0.15) is 5.75 Å². The molecule has 2 heteroatoms. The van der Waals surface area contributed by atoms with Crippen LogP contribution in [0.5, 0.6) is 5.75 Å². The van der Waals surface area contributed by atoms with E-state index in [0.717, 1.165) is 12.2 Å². The number of benzene rings is 1. The second-order valence-electron chi connectivity index (χ2n) is 7.58. The summed E-state index contributed by atoms with van der Waals surface area (Å²) in [4.78, 5) is 0. The molecule has 1 aromatic rings. The first-order valence-electron chi connectivity index (χ1n) is 6.98. The predicted octanol–water partition coefficient (Wildman–Crippen LogP) is 4.43. The standard InChI is InChI=1S/C17H29NO/c1-16(2,3)11-14(18)12-8-9-15(19-7)13(10-12)17(4,5)6/h8-10,14H,11,18H2,1-7H3. The molecule has 0 aliphatic heterocycles. The van der Waals surface area contributed by atoms with Crippen LogP contribution in [0.2, 0.25) is 0 Å². The van der Waals surface area contributed by atoms with Crippen molar-refractivity contribution >= 4 is 0 Å². The summed E-state index contributed by atoms with van der Waals surface area (Å²) < 4.78 is 5.47. The van der Waals surface area contributed by atoms with Crippen molar-refractivity contribution in [1.29, 1.82) is 0 Å². The van der Waals surface area contributed by atoms with Crippen molar-refractivity contribution in [2.75, 3.05) is 7.11 Å². The molecule has 0 bridgehead atoms. The Balaban J connectivity index is 3.12. The summed E-state index contributed by atoms with van der Waals surface area (Å²) in [5, 5.41) is 0. The van der Waals surface area contributed by atoms with Crippen LogP contribution in [-0.2, 0) is 5.41 Å². The molecule has 2 nitrogen and oxygen atoms in total. The zero-order valence-corrected chi connectivity index (χ0v) is 13.5. The summed E-state index contributed by atoms with van der Waals surface area (Å²) in [6.07, 6.45) is 0.975. The molecular weight excluding hydrogens is 234 g/mol. The lowest BCUT2D eigenvalue weighted by Crippen LogP contribution is -2.20. The van der Waals surface area contributed by atoms with Gasteiger partial charge in [-0.2, -0.15) is 0 Å². The van der Waals surface area contributed by atoms with Crippen molar-refractivity contribution in [3.05, 3.63) is 29.3 Å². The molecule has 1 unspecified atom stereocenters. The molecule has 2 N–H and O–H groups in total. The molecule has 0 heterocycles. The van der Waals surface area contributed by atoms with E-state index in [9.17, 15) is 0 Å². The van der Waals surface area contributed by atoms with Crippen LogP contribution >= 0.6 is 0 Å². The number of ether oxygens (including phenoxy) is 1. The van der Waals surface area contributed by atoms with Gasteiger partial charge in [-0.15, -0.1) is 0 Å². The largest absolute Gasteiger partial charge is 0.496 e. The van der Waals surface area contributed by atoms with Gasteiger partial charge in [0.15, 0.2) is 0 Å². The predicted molar refractivity (Wildman–Crippen MR) is 82.7 cm³/mol. The van der Waals surface area contributed by atoms with Gasteiger partial charge in [0.05, 0.1) is 7.11 Å². The summed E-state index contributed by atoms with van der Waals surface area (Å²) in [7, 11) is 1.72. The molecule has 0 spiro atoms. The van der Waals surface area contributed by atoms with Gasteiger partial charge in [-0.3, -0.25) is 0 Å². The van der Waals surface area contributed by atoms with Crippen LogP contribution in [0.4, 0.5) is 0 Å². The average Bonchev–Trinajstić information content (AvgIpc) is 2.24. The van der Waals surface area contributed by atoms with E-state index >= 15 is 0 Å². The van der Waals surface area contributed by atoms with Crippen molar-refractivity contribution in [2.24, 2.45) is 11.1 Å². The SMILES string of the molecule is COc1ccc(C(N)CC(C)(C)C)cc1C(C)(C)C.